The van der Waals surface area contributed by atoms with Crippen LogP contribution in [0, 0.1) is 0 Å². The van der Waals surface area contributed by atoms with E-state index in [1.165, 1.54) is 114 Å². The average Bonchev–Trinajstić information content (AvgIpc) is 1.71. The fourth-order valence-corrected chi connectivity index (χ4v) is 14.4. The van der Waals surface area contributed by atoms with Gasteiger partial charge in [0.05, 0.1) is 5.69 Å². The van der Waals surface area contributed by atoms with Crippen LogP contribution < -0.4 is 25.5 Å². The van der Waals surface area contributed by atoms with E-state index in [0.717, 1.165) is 93.7 Å². The highest BCUT2D eigenvalue weighted by molar-refractivity contribution is 6.94. The van der Waals surface area contributed by atoms with Crippen molar-refractivity contribution in [1.29, 1.82) is 0 Å². The molecule has 4 nitrogen and oxygen atoms in total. The maximum Gasteiger partial charge on any atom is 0.333 e. The molecule has 5 heteroatoms. The minimum atomic E-state index is -0.264. The van der Waals surface area contributed by atoms with Crippen LogP contribution in [0.2, 0.25) is 0 Å². The fraction of sp³-hybridized carbons (Fsp3) is 0.190. The van der Waals surface area contributed by atoms with Gasteiger partial charge in [0.2, 0.25) is 0 Å². The molecule has 0 fully saturated rings. The van der Waals surface area contributed by atoms with Crippen LogP contribution in [0.3, 0.4) is 0 Å². The van der Waals surface area contributed by atoms with Crippen LogP contribution in [-0.4, -0.2) is 6.85 Å². The second-order valence-electron chi connectivity index (χ2n) is 24.3. The maximum atomic E-state index is 7.30. The number of para-hydroxylation sites is 1. The number of unbranched alkanes of at least 4 members (excludes halogenated alkanes) is 3. The zero-order valence-electron chi connectivity index (χ0n) is 49.1. The third kappa shape index (κ3) is 8.49. The molecule has 84 heavy (non-hydrogen) atoms. The standard InChI is InChI=1S/C79H70BN3O/c1-6-9-21-52-32-37-58(38-33-52)81(59-39-34-53(35-40-59)22-10-7-2)60-42-44-70-73(50-60)82(71-45-36-54(23-11-8-3)46-65(71)55-24-13-12-14-25-55)74-51-66-64-29-18-20-31-75(64)84-78(66)76-67-47-56-26-15-16-27-57(56)48-72(67)83(80(70)77(74)76)61-41-43-63-62-28-17-19-30-68(62)79(4,5)69(63)49-61/h12-20,24-51H,6-11,21-23H2,1-5H3. The summed E-state index contributed by atoms with van der Waals surface area (Å²) in [6.07, 6.45) is 10.1. The monoisotopic (exact) mass is 1090 g/mol. The fourth-order valence-electron chi connectivity index (χ4n) is 14.4. The molecule has 1 aliphatic carbocycles. The van der Waals surface area contributed by atoms with Gasteiger partial charge in [-0.25, -0.2) is 0 Å². The van der Waals surface area contributed by atoms with Gasteiger partial charge in [-0.05, 0) is 190 Å². The van der Waals surface area contributed by atoms with Gasteiger partial charge in [-0.3, -0.25) is 0 Å². The minimum Gasteiger partial charge on any atom is -0.455 e. The Kier molecular flexibility index (Phi) is 12.9. The van der Waals surface area contributed by atoms with Gasteiger partial charge in [0, 0.05) is 72.7 Å². The Balaban J connectivity index is 1.06. The molecular weight excluding hydrogens is 1020 g/mol. The Hall–Kier alpha value is -9.06. The molecule has 1 aromatic heterocycles. The number of rotatable bonds is 15. The van der Waals surface area contributed by atoms with Crippen molar-refractivity contribution < 1.29 is 4.42 Å². The van der Waals surface area contributed by atoms with Crippen LogP contribution in [0.15, 0.2) is 229 Å². The minimum absolute atomic E-state index is 0.202. The third-order valence-corrected chi connectivity index (χ3v) is 18.7. The lowest BCUT2D eigenvalue weighted by Crippen LogP contribution is -2.61. The van der Waals surface area contributed by atoms with Crippen molar-refractivity contribution in [2.45, 2.75) is 97.8 Å². The van der Waals surface area contributed by atoms with Crippen molar-refractivity contribution >= 4 is 96.0 Å². The van der Waals surface area contributed by atoms with E-state index in [2.05, 4.69) is 274 Å². The average molecular weight is 1090 g/mol. The summed E-state index contributed by atoms with van der Waals surface area (Å²) in [4.78, 5) is 7.84. The molecule has 0 unspecified atom stereocenters. The lowest BCUT2D eigenvalue weighted by Gasteiger charge is -2.46. The van der Waals surface area contributed by atoms with Gasteiger partial charge in [-0.1, -0.05) is 193 Å². The van der Waals surface area contributed by atoms with Crippen LogP contribution in [0.25, 0.3) is 66.1 Å². The van der Waals surface area contributed by atoms with Crippen LogP contribution >= 0.6 is 0 Å². The highest BCUT2D eigenvalue weighted by Gasteiger charge is 2.48. The molecule has 15 rings (SSSR count). The normalized spacial score (nSPS) is 13.5. The lowest BCUT2D eigenvalue weighted by molar-refractivity contribution is 0.660. The van der Waals surface area contributed by atoms with Crippen molar-refractivity contribution in [3.05, 3.63) is 252 Å². The Morgan fingerprint density at radius 3 is 1.79 bits per heavy atom. The summed E-state index contributed by atoms with van der Waals surface area (Å²) in [6.45, 7) is 11.4. The van der Waals surface area contributed by atoms with Gasteiger partial charge in [0.1, 0.15) is 11.2 Å². The number of anilines is 8. The van der Waals surface area contributed by atoms with Gasteiger partial charge in [-0.15, -0.1) is 0 Å². The van der Waals surface area contributed by atoms with E-state index in [9.17, 15) is 0 Å². The zero-order chi connectivity index (χ0) is 56.6. The molecule has 0 radical (unpaired) electrons. The highest BCUT2D eigenvalue weighted by atomic mass is 16.3. The van der Waals surface area contributed by atoms with Crippen molar-refractivity contribution in [3.63, 3.8) is 0 Å². The Morgan fingerprint density at radius 2 is 1.06 bits per heavy atom. The second kappa shape index (κ2) is 21.0. The zero-order valence-corrected chi connectivity index (χ0v) is 49.1. The van der Waals surface area contributed by atoms with Gasteiger partial charge in [0.25, 0.3) is 0 Å². The first-order chi connectivity index (χ1) is 41.3. The topological polar surface area (TPSA) is 22.9 Å². The molecule has 0 saturated heterocycles. The Morgan fingerprint density at radius 1 is 0.440 bits per heavy atom. The smallest absolute Gasteiger partial charge is 0.333 e. The van der Waals surface area contributed by atoms with Gasteiger partial charge in [0.15, 0.2) is 0 Å². The molecule has 0 N–H and O–H groups in total. The van der Waals surface area contributed by atoms with Gasteiger partial charge >= 0.3 is 6.85 Å². The first-order valence-corrected chi connectivity index (χ1v) is 30.9. The molecule has 12 aromatic rings. The van der Waals surface area contributed by atoms with Crippen molar-refractivity contribution in [1.82, 2.24) is 0 Å². The van der Waals surface area contributed by atoms with Crippen molar-refractivity contribution in [2.24, 2.45) is 0 Å². The molecule has 0 atom stereocenters. The summed E-state index contributed by atoms with van der Waals surface area (Å²) in [5, 5.41) is 4.63. The van der Waals surface area contributed by atoms with Gasteiger partial charge < -0.3 is 19.0 Å². The maximum absolute atomic E-state index is 7.30. The third-order valence-electron chi connectivity index (χ3n) is 18.7. The summed E-state index contributed by atoms with van der Waals surface area (Å²) in [5.74, 6) is 0. The van der Waals surface area contributed by atoms with Crippen LogP contribution in [-0.2, 0) is 24.7 Å². The molecular formula is C79H70BN3O. The highest BCUT2D eigenvalue weighted by Crippen LogP contribution is 2.55. The van der Waals surface area contributed by atoms with E-state index in [1.807, 2.05) is 0 Å². The number of nitrogens with zero attached hydrogens (tertiary/aromatic N) is 3. The number of benzene rings is 11. The second-order valence-corrected chi connectivity index (χ2v) is 24.3. The van der Waals surface area contributed by atoms with Crippen molar-refractivity contribution in [3.8, 4) is 33.4 Å². The van der Waals surface area contributed by atoms with Crippen molar-refractivity contribution in [2.75, 3.05) is 14.6 Å². The van der Waals surface area contributed by atoms with Crippen LogP contribution in [0.1, 0.15) is 101 Å². The molecule has 410 valence electrons. The SMILES string of the molecule is CCCCc1ccc(N(c2ccc(CCCC)cc2)c2ccc3c(c2)N(c2ccc(CCCC)cc2-c2ccccc2)c2cc4c(oc5ccccc54)c4c2B3N(c2ccc3c(c2)C(C)(C)c2ccccc2-3)c2cc3ccccc3cc2-4)cc1. The quantitative estimate of drug-likeness (QED) is 0.0955. The first-order valence-electron chi connectivity index (χ1n) is 30.9. The van der Waals surface area contributed by atoms with E-state index in [0.29, 0.717) is 0 Å². The number of hydrogen-bond donors (Lipinski definition) is 0. The molecule has 0 amide bonds. The largest absolute Gasteiger partial charge is 0.455 e. The Bertz CT molecular complexity index is 4450. The molecule has 3 heterocycles. The van der Waals surface area contributed by atoms with E-state index in [-0.39, 0.29) is 12.3 Å². The van der Waals surface area contributed by atoms with Gasteiger partial charge in [-0.2, -0.15) is 0 Å². The molecule has 0 saturated carbocycles. The van der Waals surface area contributed by atoms with E-state index >= 15 is 0 Å². The number of aryl methyl sites for hydroxylation is 3. The molecule has 11 aromatic carbocycles. The predicted octanol–water partition coefficient (Wildman–Crippen LogP) is 20.9. The molecule has 0 bridgehead atoms. The van der Waals surface area contributed by atoms with E-state index < -0.39 is 0 Å². The number of fused-ring (bicyclic) bond motifs is 12. The summed E-state index contributed by atoms with van der Waals surface area (Å²) in [6, 6.07) is 85.9. The molecule has 0 spiro atoms. The first kappa shape index (κ1) is 51.8. The van der Waals surface area contributed by atoms with Crippen LogP contribution in [0.4, 0.5) is 45.5 Å². The van der Waals surface area contributed by atoms with Crippen LogP contribution in [0.5, 0.6) is 0 Å². The van der Waals surface area contributed by atoms with E-state index in [4.69, 9.17) is 4.42 Å². The summed E-state index contributed by atoms with van der Waals surface area (Å²) < 4.78 is 7.30. The Labute approximate surface area is 495 Å². The number of hydrogen-bond acceptors (Lipinski definition) is 4. The molecule has 3 aliphatic rings. The number of furan rings is 1. The summed E-state index contributed by atoms with van der Waals surface area (Å²) >= 11 is 0. The summed E-state index contributed by atoms with van der Waals surface area (Å²) in [7, 11) is 0. The van der Waals surface area contributed by atoms with E-state index in [1.54, 1.807) is 0 Å². The predicted molar refractivity (Wildman–Crippen MR) is 358 cm³/mol. The summed E-state index contributed by atoms with van der Waals surface area (Å²) in [5.41, 5.74) is 27.4. The molecule has 2 aliphatic heterocycles. The lowest BCUT2D eigenvalue weighted by atomic mass is 9.43.